The zero-order valence-electron chi connectivity index (χ0n) is 10.4. The van der Waals surface area contributed by atoms with Gasteiger partial charge in [-0.15, -0.1) is 0 Å². The van der Waals surface area contributed by atoms with Crippen LogP contribution in [0.2, 0.25) is 0 Å². The van der Waals surface area contributed by atoms with Gasteiger partial charge in [-0.05, 0) is 43.7 Å². The number of rotatable bonds is 1. The van der Waals surface area contributed by atoms with Gasteiger partial charge in [0.05, 0.1) is 5.56 Å². The average Bonchev–Trinajstić information content (AvgIpc) is 2.26. The highest BCUT2D eigenvalue weighted by atomic mass is 16.6. The predicted molar refractivity (Wildman–Crippen MR) is 69.1 cm³/mol. The summed E-state index contributed by atoms with van der Waals surface area (Å²) in [5.74, 6) is -0.275. The molecule has 2 rings (SSSR count). The molecule has 0 atom stereocenters. The molecule has 17 heavy (non-hydrogen) atoms. The first-order valence-corrected chi connectivity index (χ1v) is 5.68. The van der Waals surface area contributed by atoms with Crippen LogP contribution in [0.5, 0.6) is 0 Å². The zero-order valence-corrected chi connectivity index (χ0v) is 10.4. The van der Waals surface area contributed by atoms with Gasteiger partial charge >= 0.3 is 5.97 Å². The maximum absolute atomic E-state index is 11.9. The Balaban J connectivity index is 2.33. The molecule has 0 spiro atoms. The standard InChI is InChI=1S/C15H16O2/c1-15(2,3)17-14(16)13-9-8-11-6-4-5-7-12(11)10-13/h4-10H,1-3H3. The van der Waals surface area contributed by atoms with Crippen molar-refractivity contribution in [2.24, 2.45) is 0 Å². The third-order valence-electron chi connectivity index (χ3n) is 2.38. The molecule has 0 aliphatic carbocycles. The summed E-state index contributed by atoms with van der Waals surface area (Å²) in [5, 5.41) is 2.18. The van der Waals surface area contributed by atoms with Crippen molar-refractivity contribution in [2.75, 3.05) is 0 Å². The van der Waals surface area contributed by atoms with Crippen molar-refractivity contribution in [1.82, 2.24) is 0 Å². The Bertz CT molecular complexity index is 550. The average molecular weight is 228 g/mol. The Morgan fingerprint density at radius 2 is 1.65 bits per heavy atom. The van der Waals surface area contributed by atoms with E-state index in [1.54, 1.807) is 6.07 Å². The van der Waals surface area contributed by atoms with Gasteiger partial charge in [-0.3, -0.25) is 0 Å². The maximum atomic E-state index is 11.9. The molecule has 0 aliphatic rings. The topological polar surface area (TPSA) is 26.3 Å². The predicted octanol–water partition coefficient (Wildman–Crippen LogP) is 3.80. The van der Waals surface area contributed by atoms with E-state index in [0.717, 1.165) is 10.8 Å². The summed E-state index contributed by atoms with van der Waals surface area (Å²) in [4.78, 5) is 11.9. The lowest BCUT2D eigenvalue weighted by Crippen LogP contribution is -2.23. The lowest BCUT2D eigenvalue weighted by Gasteiger charge is -2.19. The molecule has 2 nitrogen and oxygen atoms in total. The molecule has 0 aromatic heterocycles. The third kappa shape index (κ3) is 2.84. The molecule has 0 bridgehead atoms. The maximum Gasteiger partial charge on any atom is 0.338 e. The zero-order chi connectivity index (χ0) is 12.5. The van der Waals surface area contributed by atoms with Crippen molar-refractivity contribution in [2.45, 2.75) is 26.4 Å². The van der Waals surface area contributed by atoms with Crippen LogP contribution in [-0.2, 0) is 4.74 Å². The molecule has 0 aliphatic heterocycles. The lowest BCUT2D eigenvalue weighted by molar-refractivity contribution is 0.00697. The van der Waals surface area contributed by atoms with E-state index >= 15 is 0 Å². The molecule has 2 aromatic rings. The van der Waals surface area contributed by atoms with E-state index in [9.17, 15) is 4.79 Å². The van der Waals surface area contributed by atoms with E-state index in [-0.39, 0.29) is 5.97 Å². The minimum atomic E-state index is -0.456. The normalized spacial score (nSPS) is 11.5. The van der Waals surface area contributed by atoms with Gasteiger partial charge in [-0.1, -0.05) is 30.3 Å². The highest BCUT2D eigenvalue weighted by Gasteiger charge is 2.17. The second-order valence-electron chi connectivity index (χ2n) is 5.06. The number of esters is 1. The first-order chi connectivity index (χ1) is 7.96. The fourth-order valence-corrected chi connectivity index (χ4v) is 1.65. The van der Waals surface area contributed by atoms with Crippen LogP contribution in [0.15, 0.2) is 42.5 Å². The summed E-state index contributed by atoms with van der Waals surface area (Å²) >= 11 is 0. The highest BCUT2D eigenvalue weighted by Crippen LogP contribution is 2.18. The van der Waals surface area contributed by atoms with E-state index in [1.807, 2.05) is 57.2 Å². The van der Waals surface area contributed by atoms with Crippen LogP contribution in [0.25, 0.3) is 10.8 Å². The lowest BCUT2D eigenvalue weighted by atomic mass is 10.1. The van der Waals surface area contributed by atoms with E-state index in [4.69, 9.17) is 4.74 Å². The van der Waals surface area contributed by atoms with Gasteiger partial charge in [0, 0.05) is 0 Å². The van der Waals surface area contributed by atoms with Crippen LogP contribution >= 0.6 is 0 Å². The Morgan fingerprint density at radius 3 is 2.29 bits per heavy atom. The third-order valence-corrected chi connectivity index (χ3v) is 2.38. The Labute approximate surface area is 101 Å². The fraction of sp³-hybridized carbons (Fsp3) is 0.267. The molecule has 2 aromatic carbocycles. The van der Waals surface area contributed by atoms with Gasteiger partial charge in [0.25, 0.3) is 0 Å². The Kier molecular flexibility index (Phi) is 2.88. The van der Waals surface area contributed by atoms with Crippen LogP contribution in [0.1, 0.15) is 31.1 Å². The molecule has 0 saturated heterocycles. The van der Waals surface area contributed by atoms with Crippen molar-refractivity contribution in [3.63, 3.8) is 0 Å². The van der Waals surface area contributed by atoms with Gasteiger partial charge < -0.3 is 4.74 Å². The largest absolute Gasteiger partial charge is 0.456 e. The molecule has 0 N–H and O–H groups in total. The van der Waals surface area contributed by atoms with E-state index in [1.165, 1.54) is 0 Å². The van der Waals surface area contributed by atoms with Crippen LogP contribution < -0.4 is 0 Å². The molecule has 0 unspecified atom stereocenters. The molecule has 0 saturated carbocycles. The summed E-state index contributed by atoms with van der Waals surface area (Å²) in [6.07, 6.45) is 0. The van der Waals surface area contributed by atoms with Crippen LogP contribution in [0.4, 0.5) is 0 Å². The fourth-order valence-electron chi connectivity index (χ4n) is 1.65. The Morgan fingerprint density at radius 1 is 1.00 bits per heavy atom. The molecule has 0 heterocycles. The summed E-state index contributed by atoms with van der Waals surface area (Å²) in [5.41, 5.74) is 0.140. The van der Waals surface area contributed by atoms with Gasteiger partial charge in [0.1, 0.15) is 5.60 Å². The second-order valence-corrected chi connectivity index (χ2v) is 5.06. The number of hydrogen-bond donors (Lipinski definition) is 0. The van der Waals surface area contributed by atoms with E-state index < -0.39 is 5.60 Å². The first kappa shape index (κ1) is 11.6. The SMILES string of the molecule is CC(C)(C)OC(=O)c1ccc2ccccc2c1. The number of benzene rings is 2. The number of carbonyl (C=O) groups excluding carboxylic acids is 1. The number of carbonyl (C=O) groups is 1. The molecule has 88 valence electrons. The number of ether oxygens (including phenoxy) is 1. The van der Waals surface area contributed by atoms with Crippen molar-refractivity contribution in [1.29, 1.82) is 0 Å². The van der Waals surface area contributed by atoms with Crippen molar-refractivity contribution in [3.05, 3.63) is 48.0 Å². The second kappa shape index (κ2) is 4.21. The van der Waals surface area contributed by atoms with E-state index in [2.05, 4.69) is 0 Å². The quantitative estimate of drug-likeness (QED) is 0.694. The van der Waals surface area contributed by atoms with Gasteiger partial charge in [-0.2, -0.15) is 0 Å². The van der Waals surface area contributed by atoms with Crippen LogP contribution in [-0.4, -0.2) is 11.6 Å². The summed E-state index contributed by atoms with van der Waals surface area (Å²) in [6, 6.07) is 13.6. The summed E-state index contributed by atoms with van der Waals surface area (Å²) in [7, 11) is 0. The van der Waals surface area contributed by atoms with Gasteiger partial charge in [0.15, 0.2) is 0 Å². The minimum Gasteiger partial charge on any atom is -0.456 e. The summed E-state index contributed by atoms with van der Waals surface area (Å²) < 4.78 is 5.33. The molecule has 0 radical (unpaired) electrons. The number of hydrogen-bond acceptors (Lipinski definition) is 2. The van der Waals surface area contributed by atoms with Crippen LogP contribution in [0, 0.1) is 0 Å². The molecule has 2 heteroatoms. The monoisotopic (exact) mass is 228 g/mol. The van der Waals surface area contributed by atoms with Crippen molar-refractivity contribution < 1.29 is 9.53 Å². The molecule has 0 fully saturated rings. The first-order valence-electron chi connectivity index (χ1n) is 5.68. The minimum absolute atomic E-state index is 0.275. The number of fused-ring (bicyclic) bond motifs is 1. The molecular weight excluding hydrogens is 212 g/mol. The summed E-state index contributed by atoms with van der Waals surface area (Å²) in [6.45, 7) is 5.60. The van der Waals surface area contributed by atoms with Gasteiger partial charge in [-0.25, -0.2) is 4.79 Å². The van der Waals surface area contributed by atoms with Crippen LogP contribution in [0.3, 0.4) is 0 Å². The smallest absolute Gasteiger partial charge is 0.338 e. The molecule has 0 amide bonds. The van der Waals surface area contributed by atoms with E-state index in [0.29, 0.717) is 5.56 Å². The Hall–Kier alpha value is -1.83. The van der Waals surface area contributed by atoms with Crippen molar-refractivity contribution >= 4 is 16.7 Å². The van der Waals surface area contributed by atoms with Gasteiger partial charge in [0.2, 0.25) is 0 Å². The molecular formula is C15H16O2. The van der Waals surface area contributed by atoms with Crippen molar-refractivity contribution in [3.8, 4) is 0 Å². The highest BCUT2D eigenvalue weighted by molar-refractivity contribution is 5.95.